The molecule has 56 valence electrons. The van der Waals surface area contributed by atoms with Crippen LogP contribution in [0.15, 0.2) is 28.9 Å². The number of hydrogen-bond acceptors (Lipinski definition) is 3. The minimum Gasteiger partial charge on any atom is -0.366 e. The largest absolute Gasteiger partial charge is 0.366 e. The minimum absolute atomic E-state index is 0.0118. The van der Waals surface area contributed by atoms with Crippen LogP contribution in [-0.2, 0) is 4.79 Å². The van der Waals surface area contributed by atoms with Gasteiger partial charge in [-0.2, -0.15) is 0 Å². The summed E-state index contributed by atoms with van der Waals surface area (Å²) in [5, 5.41) is 3.04. The summed E-state index contributed by atoms with van der Waals surface area (Å²) < 4.78 is 0. The molecule has 3 nitrogen and oxygen atoms in total. The molecule has 0 radical (unpaired) electrons. The van der Waals surface area contributed by atoms with Crippen molar-refractivity contribution in [3.8, 4) is 0 Å². The Morgan fingerprint density at radius 3 is 3.45 bits per heavy atom. The zero-order valence-corrected chi connectivity index (χ0v) is 5.95. The number of allylic oxidation sites excluding steroid dienone is 2. The number of carbonyl (C=O) groups is 1. The summed E-state index contributed by atoms with van der Waals surface area (Å²) in [5.41, 5.74) is 1.06. The molecule has 0 aromatic rings. The van der Waals surface area contributed by atoms with Gasteiger partial charge in [-0.1, -0.05) is 6.08 Å². The predicted octanol–water partition coefficient (Wildman–Crippen LogP) is 0.399. The standard InChI is InChI=1S/C8H8N2O/c11-7-4-6-2-1-3-9-8(6)10-5-7/h1-3,5,8-9H,4H2. The number of ketones is 1. The van der Waals surface area contributed by atoms with Gasteiger partial charge in [0.25, 0.3) is 0 Å². The van der Waals surface area contributed by atoms with Crippen LogP contribution in [0.1, 0.15) is 6.42 Å². The van der Waals surface area contributed by atoms with Gasteiger partial charge in [0.15, 0.2) is 5.78 Å². The first-order valence-electron chi connectivity index (χ1n) is 3.54. The fraction of sp³-hybridized carbons (Fsp3) is 0.250. The molecule has 1 N–H and O–H groups in total. The van der Waals surface area contributed by atoms with E-state index in [-0.39, 0.29) is 11.9 Å². The molecule has 0 aromatic carbocycles. The van der Waals surface area contributed by atoms with Gasteiger partial charge in [-0.15, -0.1) is 0 Å². The molecule has 3 heteroatoms. The zero-order valence-electron chi connectivity index (χ0n) is 5.95. The van der Waals surface area contributed by atoms with Crippen molar-refractivity contribution in [1.82, 2.24) is 5.32 Å². The third-order valence-electron chi connectivity index (χ3n) is 1.76. The van der Waals surface area contributed by atoms with Crippen molar-refractivity contribution < 1.29 is 4.79 Å². The van der Waals surface area contributed by atoms with Crippen molar-refractivity contribution in [1.29, 1.82) is 0 Å². The van der Waals surface area contributed by atoms with Gasteiger partial charge in [0, 0.05) is 6.42 Å². The Morgan fingerprint density at radius 1 is 1.64 bits per heavy atom. The maximum absolute atomic E-state index is 10.9. The number of Topliss-reactive ketones (excluding diaryl/α,β-unsaturated/α-hetero) is 1. The van der Waals surface area contributed by atoms with Crippen LogP contribution < -0.4 is 5.32 Å². The molecule has 0 fully saturated rings. The molecule has 0 amide bonds. The molecule has 0 aromatic heterocycles. The average molecular weight is 148 g/mol. The molecule has 1 unspecified atom stereocenters. The highest BCUT2D eigenvalue weighted by Crippen LogP contribution is 2.15. The van der Waals surface area contributed by atoms with Gasteiger partial charge >= 0.3 is 0 Å². The second kappa shape index (κ2) is 2.34. The van der Waals surface area contributed by atoms with E-state index >= 15 is 0 Å². The lowest BCUT2D eigenvalue weighted by molar-refractivity contribution is -0.112. The SMILES string of the molecule is O=C1C=NC2NC=CC=C2C1. The number of rotatable bonds is 0. The van der Waals surface area contributed by atoms with Crippen molar-refractivity contribution in [2.24, 2.45) is 4.99 Å². The quantitative estimate of drug-likeness (QED) is 0.540. The molecular weight excluding hydrogens is 140 g/mol. The van der Waals surface area contributed by atoms with E-state index in [0.29, 0.717) is 6.42 Å². The van der Waals surface area contributed by atoms with Crippen molar-refractivity contribution in [3.05, 3.63) is 23.9 Å². The van der Waals surface area contributed by atoms with Crippen LogP contribution in [0.5, 0.6) is 0 Å². The van der Waals surface area contributed by atoms with Crippen LogP contribution in [0.3, 0.4) is 0 Å². The number of nitrogens with one attached hydrogen (secondary N) is 1. The minimum atomic E-state index is 0.0118. The molecule has 0 spiro atoms. The molecule has 2 aliphatic heterocycles. The Labute approximate surface area is 64.5 Å². The fourth-order valence-corrected chi connectivity index (χ4v) is 1.22. The summed E-state index contributed by atoms with van der Waals surface area (Å²) >= 11 is 0. The average Bonchev–Trinajstić information content (AvgIpc) is 2.04. The molecular formula is C8H8N2O. The number of dihydropyridines is 1. The monoisotopic (exact) mass is 148 g/mol. The Morgan fingerprint density at radius 2 is 2.55 bits per heavy atom. The second-order valence-electron chi connectivity index (χ2n) is 2.59. The van der Waals surface area contributed by atoms with Gasteiger partial charge in [0.2, 0.25) is 0 Å². The predicted molar refractivity (Wildman–Crippen MR) is 42.3 cm³/mol. The molecule has 0 saturated heterocycles. The number of nitrogens with zero attached hydrogens (tertiary/aromatic N) is 1. The fourth-order valence-electron chi connectivity index (χ4n) is 1.22. The summed E-state index contributed by atoms with van der Waals surface area (Å²) in [6.07, 6.45) is 7.58. The maximum Gasteiger partial charge on any atom is 0.177 e. The van der Waals surface area contributed by atoms with Crippen LogP contribution in [0, 0.1) is 0 Å². The van der Waals surface area contributed by atoms with Gasteiger partial charge in [-0.25, -0.2) is 0 Å². The second-order valence-corrected chi connectivity index (χ2v) is 2.59. The lowest BCUT2D eigenvalue weighted by Gasteiger charge is -2.21. The number of hydrogen-bond donors (Lipinski definition) is 1. The van der Waals surface area contributed by atoms with E-state index in [2.05, 4.69) is 10.3 Å². The van der Waals surface area contributed by atoms with Crippen molar-refractivity contribution in [2.45, 2.75) is 12.6 Å². The van der Waals surface area contributed by atoms with Gasteiger partial charge in [-0.3, -0.25) is 9.79 Å². The molecule has 2 heterocycles. The Balaban J connectivity index is 2.31. The highest BCUT2D eigenvalue weighted by atomic mass is 16.1. The molecule has 0 saturated carbocycles. The van der Waals surface area contributed by atoms with E-state index in [1.54, 1.807) is 0 Å². The summed E-state index contributed by atoms with van der Waals surface area (Å²) in [6, 6.07) is 0. The smallest absolute Gasteiger partial charge is 0.177 e. The first-order valence-corrected chi connectivity index (χ1v) is 3.54. The molecule has 2 rings (SSSR count). The van der Waals surface area contributed by atoms with E-state index in [1.165, 1.54) is 6.21 Å². The van der Waals surface area contributed by atoms with Crippen LogP contribution >= 0.6 is 0 Å². The summed E-state index contributed by atoms with van der Waals surface area (Å²) in [5.74, 6) is 0.0876. The summed E-state index contributed by atoms with van der Waals surface area (Å²) in [6.45, 7) is 0. The van der Waals surface area contributed by atoms with Gasteiger partial charge in [-0.05, 0) is 17.8 Å². The first kappa shape index (κ1) is 6.34. The lowest BCUT2D eigenvalue weighted by atomic mass is 10.0. The van der Waals surface area contributed by atoms with Gasteiger partial charge in [0.05, 0.1) is 6.21 Å². The Hall–Kier alpha value is -1.38. The van der Waals surface area contributed by atoms with Crippen LogP contribution in [0.4, 0.5) is 0 Å². The topological polar surface area (TPSA) is 41.5 Å². The van der Waals surface area contributed by atoms with Gasteiger partial charge < -0.3 is 5.32 Å². The van der Waals surface area contributed by atoms with E-state index in [0.717, 1.165) is 5.57 Å². The maximum atomic E-state index is 10.9. The van der Waals surface area contributed by atoms with E-state index in [4.69, 9.17) is 0 Å². The lowest BCUT2D eigenvalue weighted by Crippen LogP contribution is -2.31. The van der Waals surface area contributed by atoms with Crippen LogP contribution in [0.2, 0.25) is 0 Å². The van der Waals surface area contributed by atoms with Crippen LogP contribution in [0.25, 0.3) is 0 Å². The Kier molecular flexibility index (Phi) is 1.35. The van der Waals surface area contributed by atoms with E-state index < -0.39 is 0 Å². The number of fused-ring (bicyclic) bond motifs is 1. The van der Waals surface area contributed by atoms with E-state index in [1.807, 2.05) is 18.4 Å². The molecule has 0 bridgehead atoms. The molecule has 11 heavy (non-hydrogen) atoms. The molecule has 1 atom stereocenters. The number of carbonyl (C=O) groups excluding carboxylic acids is 1. The third-order valence-corrected chi connectivity index (χ3v) is 1.76. The summed E-state index contributed by atoms with van der Waals surface area (Å²) in [7, 11) is 0. The van der Waals surface area contributed by atoms with Crippen molar-refractivity contribution in [3.63, 3.8) is 0 Å². The normalized spacial score (nSPS) is 27.5. The van der Waals surface area contributed by atoms with Crippen LogP contribution in [-0.4, -0.2) is 18.2 Å². The summed E-state index contributed by atoms with van der Waals surface area (Å²) in [4.78, 5) is 14.9. The molecule has 0 aliphatic carbocycles. The third kappa shape index (κ3) is 1.09. The zero-order chi connectivity index (χ0) is 7.68. The first-order chi connectivity index (χ1) is 5.36. The van der Waals surface area contributed by atoms with E-state index in [9.17, 15) is 4.79 Å². The van der Waals surface area contributed by atoms with Gasteiger partial charge in [0.1, 0.15) is 6.17 Å². The van der Waals surface area contributed by atoms with Crippen molar-refractivity contribution in [2.75, 3.05) is 0 Å². The highest BCUT2D eigenvalue weighted by Gasteiger charge is 2.19. The molecule has 2 aliphatic rings. The Bertz CT molecular complexity index is 276. The highest BCUT2D eigenvalue weighted by molar-refractivity contribution is 6.29. The number of aliphatic imine (C=N–C) groups is 1. The van der Waals surface area contributed by atoms with Crippen molar-refractivity contribution >= 4 is 12.0 Å².